The molecule has 1 aromatic carbocycles. The van der Waals surface area contributed by atoms with Gasteiger partial charge in [0.1, 0.15) is 11.5 Å². The van der Waals surface area contributed by atoms with Crippen molar-refractivity contribution in [2.24, 2.45) is 0 Å². The Hall–Kier alpha value is -3.02. The fraction of sp³-hybridized carbons (Fsp3) is 0.176. The van der Waals surface area contributed by atoms with E-state index in [0.29, 0.717) is 23.5 Å². The van der Waals surface area contributed by atoms with Gasteiger partial charge >= 0.3 is 5.97 Å². The lowest BCUT2D eigenvalue weighted by Crippen LogP contribution is -2.19. The van der Waals surface area contributed by atoms with E-state index >= 15 is 0 Å². The Labute approximate surface area is 131 Å². The number of nitrogens with zero attached hydrogens (tertiary/aromatic N) is 1. The molecule has 0 saturated carbocycles. The van der Waals surface area contributed by atoms with Gasteiger partial charge in [0.2, 0.25) is 5.76 Å². The predicted octanol–water partition coefficient (Wildman–Crippen LogP) is 2.74. The van der Waals surface area contributed by atoms with Gasteiger partial charge in [-0.25, -0.2) is 4.79 Å². The standard InChI is InChI=1S/C17H15NO5/c1-2-22-12-4-3-11-7-8-18(16(19)14(11)9-12)10-13-5-6-15(23-13)17(20)21/h3-9H,2,10H2,1H3,(H,20,21). The topological polar surface area (TPSA) is 81.7 Å². The fourth-order valence-electron chi connectivity index (χ4n) is 2.39. The van der Waals surface area contributed by atoms with Gasteiger partial charge in [-0.2, -0.15) is 0 Å². The van der Waals surface area contributed by atoms with E-state index < -0.39 is 5.97 Å². The normalized spacial score (nSPS) is 10.8. The zero-order valence-corrected chi connectivity index (χ0v) is 12.5. The number of hydrogen-bond acceptors (Lipinski definition) is 4. The number of aromatic carboxylic acids is 1. The number of benzene rings is 1. The minimum atomic E-state index is -1.14. The first-order chi connectivity index (χ1) is 11.1. The Bertz CT molecular complexity index is 922. The summed E-state index contributed by atoms with van der Waals surface area (Å²) in [4.78, 5) is 23.4. The summed E-state index contributed by atoms with van der Waals surface area (Å²) >= 11 is 0. The van der Waals surface area contributed by atoms with Gasteiger partial charge in [-0.3, -0.25) is 4.79 Å². The molecule has 0 aliphatic carbocycles. The molecule has 0 atom stereocenters. The van der Waals surface area contributed by atoms with Crippen LogP contribution in [0.2, 0.25) is 0 Å². The molecule has 1 N–H and O–H groups in total. The van der Waals surface area contributed by atoms with E-state index in [1.165, 1.54) is 10.6 Å². The summed E-state index contributed by atoms with van der Waals surface area (Å²) in [5.74, 6) is -0.234. The van der Waals surface area contributed by atoms with Gasteiger partial charge < -0.3 is 18.8 Å². The summed E-state index contributed by atoms with van der Waals surface area (Å²) in [6.45, 7) is 2.57. The number of carboxylic acid groups (broad SMARTS) is 1. The van der Waals surface area contributed by atoms with E-state index in [-0.39, 0.29) is 17.9 Å². The van der Waals surface area contributed by atoms with Crippen LogP contribution in [0.5, 0.6) is 5.75 Å². The molecule has 23 heavy (non-hydrogen) atoms. The number of rotatable bonds is 5. The van der Waals surface area contributed by atoms with Crippen molar-refractivity contribution in [1.29, 1.82) is 0 Å². The van der Waals surface area contributed by atoms with E-state index in [1.807, 2.05) is 25.1 Å². The molecular formula is C17H15NO5. The molecule has 0 fully saturated rings. The van der Waals surface area contributed by atoms with E-state index in [0.717, 1.165) is 5.39 Å². The lowest BCUT2D eigenvalue weighted by atomic mass is 10.1. The van der Waals surface area contributed by atoms with Gasteiger partial charge in [0.05, 0.1) is 18.5 Å². The average molecular weight is 313 g/mol. The number of ether oxygens (including phenoxy) is 1. The van der Waals surface area contributed by atoms with Crippen LogP contribution in [-0.2, 0) is 6.54 Å². The minimum absolute atomic E-state index is 0.146. The molecule has 0 aliphatic rings. The third-order valence-electron chi connectivity index (χ3n) is 3.46. The molecule has 2 aromatic heterocycles. The third kappa shape index (κ3) is 2.96. The SMILES string of the molecule is CCOc1ccc2ccn(Cc3ccc(C(=O)O)o3)c(=O)c2c1. The second-order valence-corrected chi connectivity index (χ2v) is 5.00. The summed E-state index contributed by atoms with van der Waals surface area (Å²) in [5.41, 5.74) is -0.183. The van der Waals surface area contributed by atoms with Crippen LogP contribution in [0, 0.1) is 0 Å². The average Bonchev–Trinajstić information content (AvgIpc) is 3.00. The van der Waals surface area contributed by atoms with Crippen molar-refractivity contribution in [1.82, 2.24) is 4.57 Å². The van der Waals surface area contributed by atoms with Crippen LogP contribution in [-0.4, -0.2) is 22.2 Å². The number of pyridine rings is 1. The number of furan rings is 1. The van der Waals surface area contributed by atoms with E-state index in [2.05, 4.69) is 0 Å². The fourth-order valence-corrected chi connectivity index (χ4v) is 2.39. The summed E-state index contributed by atoms with van der Waals surface area (Å²) in [6, 6.07) is 10.1. The van der Waals surface area contributed by atoms with Crippen molar-refractivity contribution >= 4 is 16.7 Å². The van der Waals surface area contributed by atoms with Crippen molar-refractivity contribution in [3.05, 3.63) is 64.5 Å². The van der Waals surface area contributed by atoms with E-state index in [9.17, 15) is 9.59 Å². The monoisotopic (exact) mass is 313 g/mol. The quantitative estimate of drug-likeness (QED) is 0.783. The largest absolute Gasteiger partial charge is 0.494 e. The summed E-state index contributed by atoms with van der Waals surface area (Å²) in [7, 11) is 0. The maximum absolute atomic E-state index is 12.6. The van der Waals surface area contributed by atoms with Crippen LogP contribution in [0.15, 0.2) is 51.8 Å². The van der Waals surface area contributed by atoms with Crippen molar-refractivity contribution in [2.75, 3.05) is 6.61 Å². The molecule has 0 unspecified atom stereocenters. The van der Waals surface area contributed by atoms with Gasteiger partial charge in [0.25, 0.3) is 5.56 Å². The van der Waals surface area contributed by atoms with Gasteiger partial charge in [-0.05, 0) is 42.6 Å². The van der Waals surface area contributed by atoms with Crippen molar-refractivity contribution in [2.45, 2.75) is 13.5 Å². The summed E-state index contributed by atoms with van der Waals surface area (Å²) in [5, 5.41) is 10.2. The molecule has 0 saturated heterocycles. The van der Waals surface area contributed by atoms with Crippen LogP contribution in [0.3, 0.4) is 0 Å². The first-order valence-corrected chi connectivity index (χ1v) is 7.16. The Morgan fingerprint density at radius 3 is 2.78 bits per heavy atom. The second-order valence-electron chi connectivity index (χ2n) is 5.00. The summed E-state index contributed by atoms with van der Waals surface area (Å²) in [6.07, 6.45) is 1.66. The zero-order valence-electron chi connectivity index (χ0n) is 12.5. The lowest BCUT2D eigenvalue weighted by molar-refractivity contribution is 0.0660. The highest BCUT2D eigenvalue weighted by molar-refractivity contribution is 5.84. The number of carboxylic acids is 1. The highest BCUT2D eigenvalue weighted by Crippen LogP contribution is 2.18. The van der Waals surface area contributed by atoms with Crippen LogP contribution >= 0.6 is 0 Å². The number of carbonyl (C=O) groups is 1. The van der Waals surface area contributed by atoms with Gasteiger partial charge in [0, 0.05) is 6.20 Å². The molecule has 0 radical (unpaired) electrons. The van der Waals surface area contributed by atoms with Crippen LogP contribution in [0.25, 0.3) is 10.8 Å². The smallest absolute Gasteiger partial charge is 0.371 e. The molecule has 6 heteroatoms. The van der Waals surface area contributed by atoms with E-state index in [4.69, 9.17) is 14.3 Å². The maximum atomic E-state index is 12.6. The molecule has 3 rings (SSSR count). The van der Waals surface area contributed by atoms with E-state index in [1.54, 1.807) is 18.3 Å². The number of aromatic nitrogens is 1. The van der Waals surface area contributed by atoms with Gasteiger partial charge in [-0.1, -0.05) is 6.07 Å². The highest BCUT2D eigenvalue weighted by atomic mass is 16.5. The molecule has 0 amide bonds. The first kappa shape index (κ1) is 14.9. The van der Waals surface area contributed by atoms with Crippen LogP contribution < -0.4 is 10.3 Å². The predicted molar refractivity (Wildman–Crippen MR) is 84.1 cm³/mol. The zero-order chi connectivity index (χ0) is 16.4. The number of hydrogen-bond donors (Lipinski definition) is 1. The molecule has 3 aromatic rings. The van der Waals surface area contributed by atoms with Crippen LogP contribution in [0.4, 0.5) is 0 Å². The molecular weight excluding hydrogens is 298 g/mol. The van der Waals surface area contributed by atoms with Gasteiger partial charge in [-0.15, -0.1) is 0 Å². The summed E-state index contributed by atoms with van der Waals surface area (Å²) < 4.78 is 12.1. The molecule has 6 nitrogen and oxygen atoms in total. The lowest BCUT2D eigenvalue weighted by Gasteiger charge is -2.07. The molecule has 0 aliphatic heterocycles. The van der Waals surface area contributed by atoms with Crippen molar-refractivity contribution in [3.8, 4) is 5.75 Å². The maximum Gasteiger partial charge on any atom is 0.371 e. The van der Waals surface area contributed by atoms with Crippen LogP contribution in [0.1, 0.15) is 23.2 Å². The number of fused-ring (bicyclic) bond motifs is 1. The van der Waals surface area contributed by atoms with Crippen molar-refractivity contribution < 1.29 is 19.1 Å². The second kappa shape index (κ2) is 6.00. The molecule has 0 spiro atoms. The minimum Gasteiger partial charge on any atom is -0.494 e. The Kier molecular flexibility index (Phi) is 3.89. The molecule has 0 bridgehead atoms. The first-order valence-electron chi connectivity index (χ1n) is 7.16. The third-order valence-corrected chi connectivity index (χ3v) is 3.46. The molecule has 118 valence electrons. The van der Waals surface area contributed by atoms with Crippen molar-refractivity contribution in [3.63, 3.8) is 0 Å². The van der Waals surface area contributed by atoms with Gasteiger partial charge in [0.15, 0.2) is 0 Å². The highest BCUT2D eigenvalue weighted by Gasteiger charge is 2.11. The molecule has 2 heterocycles. The Morgan fingerprint density at radius 1 is 1.26 bits per heavy atom. The Balaban J connectivity index is 1.98. The Morgan fingerprint density at radius 2 is 2.09 bits per heavy atom.